The largest absolute Gasteiger partial charge is 0.393 e. The molecule has 1 aromatic carbocycles. The molecule has 0 aliphatic heterocycles. The smallest absolute Gasteiger partial charge is 0.160 e. The van der Waals surface area contributed by atoms with E-state index in [2.05, 4.69) is 41.5 Å². The molecule has 0 saturated carbocycles. The Morgan fingerprint density at radius 2 is 1.70 bits per heavy atom. The van der Waals surface area contributed by atoms with Crippen LogP contribution in [0.2, 0.25) is 0 Å². The molecule has 0 radical (unpaired) electrons. The molecule has 0 fully saturated rings. The van der Waals surface area contributed by atoms with Gasteiger partial charge in [-0.25, -0.2) is 15.0 Å². The number of anilines is 5. The number of hydrogen-bond acceptors (Lipinski definition) is 6. The summed E-state index contributed by atoms with van der Waals surface area (Å²) in [5, 5.41) is 6.32. The first kappa shape index (κ1) is 15.2. The molecule has 116 valence electrons. The third-order valence-corrected chi connectivity index (χ3v) is 3.72. The van der Waals surface area contributed by atoms with Gasteiger partial charge >= 0.3 is 0 Å². The minimum Gasteiger partial charge on any atom is -0.393 e. The van der Waals surface area contributed by atoms with Crippen molar-refractivity contribution < 1.29 is 0 Å². The van der Waals surface area contributed by atoms with Crippen LogP contribution in [0, 0.1) is 6.92 Å². The molecule has 6 nitrogen and oxygen atoms in total. The van der Waals surface area contributed by atoms with E-state index in [1.165, 1.54) is 6.33 Å². The Morgan fingerprint density at radius 3 is 2.39 bits per heavy atom. The number of nitrogens with two attached hydrogens (primary N) is 1. The summed E-state index contributed by atoms with van der Waals surface area (Å²) in [5.41, 5.74) is 8.66. The number of para-hydroxylation sites is 1. The average molecular weight is 371 g/mol. The molecule has 0 aliphatic carbocycles. The van der Waals surface area contributed by atoms with E-state index in [1.807, 2.05) is 43.3 Å². The second kappa shape index (κ2) is 6.62. The minimum absolute atomic E-state index is 0.431. The summed E-state index contributed by atoms with van der Waals surface area (Å²) in [6.45, 7) is 2.02. The highest BCUT2D eigenvalue weighted by atomic mass is 79.9. The van der Waals surface area contributed by atoms with Crippen LogP contribution in [0.15, 0.2) is 53.4 Å². The first-order chi connectivity index (χ1) is 11.1. The van der Waals surface area contributed by atoms with Gasteiger partial charge in [0.05, 0.1) is 0 Å². The van der Waals surface area contributed by atoms with Crippen LogP contribution in [0.1, 0.15) is 5.56 Å². The van der Waals surface area contributed by atoms with Gasteiger partial charge in [-0.1, -0.05) is 18.2 Å². The Kier molecular flexibility index (Phi) is 4.38. The number of halogens is 1. The fourth-order valence-electron chi connectivity index (χ4n) is 2.01. The lowest BCUT2D eigenvalue weighted by atomic mass is 10.2. The van der Waals surface area contributed by atoms with Crippen molar-refractivity contribution in [1.29, 1.82) is 0 Å². The fourth-order valence-corrected chi connectivity index (χ4v) is 2.24. The Bertz CT molecular complexity index is 819. The van der Waals surface area contributed by atoms with Crippen molar-refractivity contribution in [1.82, 2.24) is 15.0 Å². The number of nitrogens with one attached hydrogen (secondary N) is 2. The topological polar surface area (TPSA) is 88.8 Å². The zero-order chi connectivity index (χ0) is 16.2. The van der Waals surface area contributed by atoms with Crippen LogP contribution in [-0.4, -0.2) is 15.0 Å². The van der Waals surface area contributed by atoms with Crippen molar-refractivity contribution in [2.24, 2.45) is 0 Å². The maximum atomic E-state index is 6.17. The maximum Gasteiger partial charge on any atom is 0.160 e. The van der Waals surface area contributed by atoms with E-state index in [-0.39, 0.29) is 0 Å². The van der Waals surface area contributed by atoms with E-state index in [0.29, 0.717) is 23.1 Å². The molecule has 2 aromatic heterocycles. The van der Waals surface area contributed by atoms with E-state index in [1.54, 1.807) is 6.20 Å². The highest BCUT2D eigenvalue weighted by Gasteiger charge is 2.10. The molecule has 0 spiro atoms. The van der Waals surface area contributed by atoms with Crippen molar-refractivity contribution in [2.75, 3.05) is 16.4 Å². The predicted octanol–water partition coefficient (Wildman–Crippen LogP) is 4.01. The molecule has 7 heteroatoms. The molecule has 0 bridgehead atoms. The molecule has 0 amide bonds. The Labute approximate surface area is 142 Å². The number of hydrogen-bond donors (Lipinski definition) is 3. The Morgan fingerprint density at radius 1 is 0.957 bits per heavy atom. The van der Waals surface area contributed by atoms with Gasteiger partial charge in [-0.3, -0.25) is 0 Å². The van der Waals surface area contributed by atoms with Crippen LogP contribution in [0.5, 0.6) is 0 Å². The fraction of sp³-hybridized carbons (Fsp3) is 0.0625. The van der Waals surface area contributed by atoms with Gasteiger partial charge in [0.25, 0.3) is 0 Å². The van der Waals surface area contributed by atoms with Crippen LogP contribution in [0.3, 0.4) is 0 Å². The van der Waals surface area contributed by atoms with E-state index in [0.717, 1.165) is 15.7 Å². The normalized spacial score (nSPS) is 10.3. The standard InChI is InChI=1S/C16H15BrN6/c1-10-4-2-3-5-12(10)22-15-14(18)16(21-9-20-15)23-13-7-6-11(17)8-19-13/h2-9H,18H2,1H3,(H2,19,20,21,22,23). The number of benzene rings is 1. The first-order valence-electron chi connectivity index (χ1n) is 6.95. The van der Waals surface area contributed by atoms with Crippen molar-refractivity contribution in [3.63, 3.8) is 0 Å². The summed E-state index contributed by atoms with van der Waals surface area (Å²) in [6, 6.07) is 11.7. The van der Waals surface area contributed by atoms with E-state index < -0.39 is 0 Å². The monoisotopic (exact) mass is 370 g/mol. The van der Waals surface area contributed by atoms with Crippen LogP contribution in [-0.2, 0) is 0 Å². The summed E-state index contributed by atoms with van der Waals surface area (Å²) in [7, 11) is 0. The predicted molar refractivity (Wildman–Crippen MR) is 96.1 cm³/mol. The Balaban J connectivity index is 1.86. The summed E-state index contributed by atoms with van der Waals surface area (Å²) < 4.78 is 0.903. The van der Waals surface area contributed by atoms with E-state index in [4.69, 9.17) is 5.73 Å². The molecule has 23 heavy (non-hydrogen) atoms. The molecule has 4 N–H and O–H groups in total. The lowest BCUT2D eigenvalue weighted by Crippen LogP contribution is -2.06. The molecular weight excluding hydrogens is 356 g/mol. The highest BCUT2D eigenvalue weighted by Crippen LogP contribution is 2.28. The molecule has 0 saturated heterocycles. The van der Waals surface area contributed by atoms with Gasteiger partial charge in [0.2, 0.25) is 0 Å². The summed E-state index contributed by atoms with van der Waals surface area (Å²) in [4.78, 5) is 12.6. The summed E-state index contributed by atoms with van der Waals surface area (Å²) >= 11 is 3.35. The highest BCUT2D eigenvalue weighted by molar-refractivity contribution is 9.10. The number of nitrogen functional groups attached to an aromatic ring is 1. The van der Waals surface area contributed by atoms with Crippen LogP contribution in [0.4, 0.5) is 28.8 Å². The van der Waals surface area contributed by atoms with Gasteiger partial charge < -0.3 is 16.4 Å². The number of rotatable bonds is 4. The van der Waals surface area contributed by atoms with Gasteiger partial charge in [0.15, 0.2) is 11.6 Å². The number of nitrogens with zero attached hydrogens (tertiary/aromatic N) is 3. The minimum atomic E-state index is 0.431. The lowest BCUT2D eigenvalue weighted by molar-refractivity contribution is 1.16. The molecule has 3 rings (SSSR count). The molecule has 0 unspecified atom stereocenters. The van der Waals surface area contributed by atoms with Crippen molar-refractivity contribution >= 4 is 44.8 Å². The van der Waals surface area contributed by atoms with Crippen LogP contribution >= 0.6 is 15.9 Å². The quantitative estimate of drug-likeness (QED) is 0.642. The van der Waals surface area contributed by atoms with Gasteiger partial charge in [-0.2, -0.15) is 0 Å². The molecule has 3 aromatic rings. The van der Waals surface area contributed by atoms with Gasteiger partial charge in [0, 0.05) is 16.4 Å². The second-order valence-electron chi connectivity index (χ2n) is 4.91. The zero-order valence-corrected chi connectivity index (χ0v) is 14.0. The molecule has 0 atom stereocenters. The molecular formula is C16H15BrN6. The van der Waals surface area contributed by atoms with Crippen LogP contribution < -0.4 is 16.4 Å². The Hall–Kier alpha value is -2.67. The molecule has 0 aliphatic rings. The first-order valence-corrected chi connectivity index (χ1v) is 7.74. The third-order valence-electron chi connectivity index (χ3n) is 3.26. The number of pyridine rings is 1. The second-order valence-corrected chi connectivity index (χ2v) is 5.83. The summed E-state index contributed by atoms with van der Waals surface area (Å²) in [6.07, 6.45) is 3.16. The van der Waals surface area contributed by atoms with Crippen molar-refractivity contribution in [3.05, 3.63) is 59.0 Å². The SMILES string of the molecule is Cc1ccccc1Nc1ncnc(Nc2ccc(Br)cn2)c1N. The lowest BCUT2D eigenvalue weighted by Gasteiger charge is -2.13. The maximum absolute atomic E-state index is 6.17. The van der Waals surface area contributed by atoms with Gasteiger partial charge in [0.1, 0.15) is 17.8 Å². The van der Waals surface area contributed by atoms with Crippen molar-refractivity contribution in [2.45, 2.75) is 6.92 Å². The van der Waals surface area contributed by atoms with E-state index in [9.17, 15) is 0 Å². The number of aryl methyl sites for hydroxylation is 1. The molecule has 2 heterocycles. The average Bonchev–Trinajstić information content (AvgIpc) is 2.55. The zero-order valence-electron chi connectivity index (χ0n) is 12.4. The van der Waals surface area contributed by atoms with Crippen LogP contribution in [0.25, 0.3) is 0 Å². The third kappa shape index (κ3) is 3.57. The van der Waals surface area contributed by atoms with Gasteiger partial charge in [-0.05, 0) is 46.6 Å². The van der Waals surface area contributed by atoms with E-state index >= 15 is 0 Å². The summed E-state index contributed by atoms with van der Waals surface area (Å²) in [5.74, 6) is 1.71. The number of aromatic nitrogens is 3. The van der Waals surface area contributed by atoms with Gasteiger partial charge in [-0.15, -0.1) is 0 Å². The van der Waals surface area contributed by atoms with Crippen molar-refractivity contribution in [3.8, 4) is 0 Å².